The van der Waals surface area contributed by atoms with E-state index >= 15 is 0 Å². The van der Waals surface area contributed by atoms with Gasteiger partial charge in [-0.15, -0.1) is 0 Å². The Labute approximate surface area is 171 Å². The zero-order valence-corrected chi connectivity index (χ0v) is 18.5. The molecule has 0 radical (unpaired) electrons. The molecule has 0 unspecified atom stereocenters. The topological polar surface area (TPSA) is 49.9 Å². The molecule has 0 aliphatic carbocycles. The van der Waals surface area contributed by atoms with Crippen molar-refractivity contribution >= 4 is 10.0 Å². The molecular weight excluding hydrogens is 372 g/mol. The summed E-state index contributed by atoms with van der Waals surface area (Å²) in [6.07, 6.45) is 6.79. The van der Waals surface area contributed by atoms with Gasteiger partial charge < -0.3 is 9.64 Å². The van der Waals surface area contributed by atoms with E-state index < -0.39 is 10.0 Å². The quantitative estimate of drug-likeness (QED) is 0.690. The highest BCUT2D eigenvalue weighted by atomic mass is 32.2. The monoisotopic (exact) mass is 408 g/mol. The van der Waals surface area contributed by atoms with Crippen LogP contribution in [-0.4, -0.2) is 62.7 Å². The van der Waals surface area contributed by atoms with Crippen molar-refractivity contribution in [2.75, 3.05) is 39.0 Å². The number of rotatable bonds is 7. The van der Waals surface area contributed by atoms with E-state index in [1.807, 2.05) is 0 Å². The molecule has 0 amide bonds. The number of likely N-dealkylation sites (tertiary alicyclic amines) is 1. The number of hydrogen-bond acceptors (Lipinski definition) is 4. The largest absolute Gasteiger partial charge is 0.494 e. The zero-order valence-electron chi connectivity index (χ0n) is 17.6. The molecule has 0 aromatic heterocycles. The van der Waals surface area contributed by atoms with E-state index in [1.54, 1.807) is 4.31 Å². The molecule has 0 bridgehead atoms. The van der Waals surface area contributed by atoms with Crippen molar-refractivity contribution in [2.24, 2.45) is 5.92 Å². The van der Waals surface area contributed by atoms with Crippen LogP contribution in [0.4, 0.5) is 0 Å². The van der Waals surface area contributed by atoms with Gasteiger partial charge in [-0.25, -0.2) is 12.7 Å². The fraction of sp³-hybridized carbons (Fsp3) is 0.727. The molecule has 2 heterocycles. The lowest BCUT2D eigenvalue weighted by molar-refractivity contribution is 0.135. The summed E-state index contributed by atoms with van der Waals surface area (Å²) in [7, 11) is -3.05. The average molecular weight is 409 g/mol. The molecular formula is C22H36N2O3S. The third-order valence-corrected chi connectivity index (χ3v) is 7.75. The lowest BCUT2D eigenvalue weighted by atomic mass is 9.90. The van der Waals surface area contributed by atoms with Gasteiger partial charge in [0, 0.05) is 19.1 Å². The van der Waals surface area contributed by atoms with Crippen molar-refractivity contribution in [1.82, 2.24) is 9.21 Å². The van der Waals surface area contributed by atoms with Crippen molar-refractivity contribution in [3.63, 3.8) is 0 Å². The average Bonchev–Trinajstić information content (AvgIpc) is 2.68. The van der Waals surface area contributed by atoms with Crippen LogP contribution in [-0.2, 0) is 10.0 Å². The summed E-state index contributed by atoms with van der Waals surface area (Å²) in [5.74, 6) is 2.17. The second kappa shape index (κ2) is 9.59. The predicted octanol–water partition coefficient (Wildman–Crippen LogP) is 3.71. The van der Waals surface area contributed by atoms with Gasteiger partial charge in [0.05, 0.1) is 12.9 Å². The standard InChI is InChI=1S/C22H36N2O3S/c1-18(2)23-13-8-19(9-14-23)12-17-27-22-6-4-20(5-7-22)21-10-15-24(16-11-21)28(3,25)26/h4-7,18-19,21H,8-17H2,1-3H3. The first-order chi connectivity index (χ1) is 13.3. The van der Waals surface area contributed by atoms with Crippen LogP contribution in [0.5, 0.6) is 5.75 Å². The third-order valence-electron chi connectivity index (χ3n) is 6.45. The van der Waals surface area contributed by atoms with Gasteiger partial charge in [-0.05, 0) is 88.6 Å². The minimum Gasteiger partial charge on any atom is -0.494 e. The van der Waals surface area contributed by atoms with E-state index in [1.165, 1.54) is 37.8 Å². The summed E-state index contributed by atoms with van der Waals surface area (Å²) in [4.78, 5) is 2.57. The van der Waals surface area contributed by atoms with Crippen LogP contribution in [0.2, 0.25) is 0 Å². The normalized spacial score (nSPS) is 21.3. The molecule has 6 heteroatoms. The van der Waals surface area contributed by atoms with E-state index in [4.69, 9.17) is 4.74 Å². The summed E-state index contributed by atoms with van der Waals surface area (Å²) in [5, 5.41) is 0. The van der Waals surface area contributed by atoms with Gasteiger partial charge in [0.1, 0.15) is 5.75 Å². The minimum atomic E-state index is -3.05. The summed E-state index contributed by atoms with van der Waals surface area (Å²) < 4.78 is 30.9. The van der Waals surface area contributed by atoms with Gasteiger partial charge in [0.2, 0.25) is 10.0 Å². The smallest absolute Gasteiger partial charge is 0.211 e. The number of hydrogen-bond donors (Lipinski definition) is 0. The van der Waals surface area contributed by atoms with Crippen LogP contribution < -0.4 is 4.74 Å². The first kappa shape index (κ1) is 21.6. The minimum absolute atomic E-state index is 0.443. The number of nitrogens with zero attached hydrogens (tertiary/aromatic N) is 2. The van der Waals surface area contributed by atoms with Gasteiger partial charge in [-0.2, -0.15) is 0 Å². The molecule has 0 spiro atoms. The summed E-state index contributed by atoms with van der Waals surface area (Å²) in [5.41, 5.74) is 1.29. The van der Waals surface area contributed by atoms with Crippen molar-refractivity contribution in [1.29, 1.82) is 0 Å². The molecule has 0 atom stereocenters. The Bertz CT molecular complexity index is 702. The first-order valence-corrected chi connectivity index (χ1v) is 12.6. The Morgan fingerprint density at radius 2 is 1.61 bits per heavy atom. The molecule has 1 aromatic rings. The van der Waals surface area contributed by atoms with Gasteiger partial charge >= 0.3 is 0 Å². The van der Waals surface area contributed by atoms with Crippen molar-refractivity contribution in [2.45, 2.75) is 57.9 Å². The Hall–Kier alpha value is -1.11. The molecule has 0 saturated carbocycles. The zero-order chi connectivity index (χ0) is 20.1. The molecule has 2 aliphatic rings. The lowest BCUT2D eigenvalue weighted by Gasteiger charge is -2.34. The summed E-state index contributed by atoms with van der Waals surface area (Å²) in [6.45, 7) is 9.03. The molecule has 3 rings (SSSR count). The fourth-order valence-corrected chi connectivity index (χ4v) is 5.33. The van der Waals surface area contributed by atoms with E-state index in [0.29, 0.717) is 25.0 Å². The van der Waals surface area contributed by atoms with E-state index in [0.717, 1.165) is 37.5 Å². The summed E-state index contributed by atoms with van der Waals surface area (Å²) >= 11 is 0. The third kappa shape index (κ3) is 5.94. The number of piperidine rings is 2. The molecule has 28 heavy (non-hydrogen) atoms. The summed E-state index contributed by atoms with van der Waals surface area (Å²) in [6, 6.07) is 9.10. The molecule has 2 fully saturated rings. The van der Waals surface area contributed by atoms with Crippen molar-refractivity contribution in [3.05, 3.63) is 29.8 Å². The molecule has 2 saturated heterocycles. The van der Waals surface area contributed by atoms with Gasteiger partial charge in [0.25, 0.3) is 0 Å². The fourth-order valence-electron chi connectivity index (χ4n) is 4.46. The predicted molar refractivity (Wildman–Crippen MR) is 114 cm³/mol. The SMILES string of the molecule is CC(C)N1CCC(CCOc2ccc(C3CCN(S(C)(=O)=O)CC3)cc2)CC1. The van der Waals surface area contributed by atoms with Gasteiger partial charge in [-0.3, -0.25) is 0 Å². The molecule has 5 nitrogen and oxygen atoms in total. The Morgan fingerprint density at radius 3 is 2.14 bits per heavy atom. The molecule has 1 aromatic carbocycles. The first-order valence-electron chi connectivity index (χ1n) is 10.7. The molecule has 2 aliphatic heterocycles. The molecule has 158 valence electrons. The van der Waals surface area contributed by atoms with Gasteiger partial charge in [0.15, 0.2) is 0 Å². The van der Waals surface area contributed by atoms with E-state index in [2.05, 4.69) is 43.0 Å². The van der Waals surface area contributed by atoms with Crippen LogP contribution in [0.25, 0.3) is 0 Å². The van der Waals surface area contributed by atoms with Crippen LogP contribution in [0.3, 0.4) is 0 Å². The lowest BCUT2D eigenvalue weighted by Crippen LogP contribution is -2.38. The maximum atomic E-state index is 11.6. The Kier molecular flexibility index (Phi) is 7.40. The number of benzene rings is 1. The maximum Gasteiger partial charge on any atom is 0.211 e. The highest BCUT2D eigenvalue weighted by Crippen LogP contribution is 2.30. The van der Waals surface area contributed by atoms with Crippen LogP contribution in [0.15, 0.2) is 24.3 Å². The van der Waals surface area contributed by atoms with Gasteiger partial charge in [-0.1, -0.05) is 12.1 Å². The Morgan fingerprint density at radius 1 is 1.00 bits per heavy atom. The number of ether oxygens (including phenoxy) is 1. The second-order valence-electron chi connectivity index (χ2n) is 8.72. The second-order valence-corrected chi connectivity index (χ2v) is 10.7. The molecule has 0 N–H and O–H groups in total. The van der Waals surface area contributed by atoms with Crippen LogP contribution >= 0.6 is 0 Å². The van der Waals surface area contributed by atoms with E-state index in [-0.39, 0.29) is 0 Å². The van der Waals surface area contributed by atoms with Crippen molar-refractivity contribution in [3.8, 4) is 5.75 Å². The van der Waals surface area contributed by atoms with E-state index in [9.17, 15) is 8.42 Å². The van der Waals surface area contributed by atoms with Crippen LogP contribution in [0, 0.1) is 5.92 Å². The highest BCUT2D eigenvalue weighted by molar-refractivity contribution is 7.88. The van der Waals surface area contributed by atoms with Crippen LogP contribution in [0.1, 0.15) is 57.4 Å². The Balaban J connectivity index is 1.39. The van der Waals surface area contributed by atoms with Crippen molar-refractivity contribution < 1.29 is 13.2 Å². The number of sulfonamides is 1. The highest BCUT2D eigenvalue weighted by Gasteiger charge is 2.25. The maximum absolute atomic E-state index is 11.6.